The van der Waals surface area contributed by atoms with Crippen molar-refractivity contribution in [2.75, 3.05) is 25.6 Å². The number of methoxy groups -OCH3 is 1. The molecule has 0 spiro atoms. The molecule has 0 radical (unpaired) electrons. The lowest BCUT2D eigenvalue weighted by molar-refractivity contribution is 0.112. The zero-order valence-electron chi connectivity index (χ0n) is 12.8. The van der Waals surface area contributed by atoms with E-state index in [0.717, 1.165) is 19.4 Å². The summed E-state index contributed by atoms with van der Waals surface area (Å²) in [5.74, 6) is 0.578. The van der Waals surface area contributed by atoms with Crippen molar-refractivity contribution in [2.24, 2.45) is 0 Å². The second-order valence-corrected chi connectivity index (χ2v) is 5.38. The third-order valence-electron chi connectivity index (χ3n) is 3.86. The van der Waals surface area contributed by atoms with Crippen LogP contribution < -0.4 is 20.8 Å². The fourth-order valence-corrected chi connectivity index (χ4v) is 2.67. The third kappa shape index (κ3) is 3.29. The van der Waals surface area contributed by atoms with Gasteiger partial charge in [-0.1, -0.05) is 6.07 Å². The molecule has 3 N–H and O–H groups in total. The Morgan fingerprint density at radius 3 is 3.09 bits per heavy atom. The molecule has 1 aliphatic heterocycles. The Bertz CT molecular complexity index is 765. The number of aromatic amines is 1. The van der Waals surface area contributed by atoms with Gasteiger partial charge in [0.1, 0.15) is 11.4 Å². The van der Waals surface area contributed by atoms with E-state index in [0.29, 0.717) is 23.2 Å². The van der Waals surface area contributed by atoms with E-state index in [1.807, 2.05) is 0 Å². The first kappa shape index (κ1) is 15.4. The number of H-pyrrole nitrogens is 1. The Balaban J connectivity index is 1.74. The average Bonchev–Trinajstić information content (AvgIpc) is 3.08. The molecule has 0 bridgehead atoms. The molecular formula is C16H19N3O4. The molecule has 0 unspecified atom stereocenters. The number of para-hydroxylation sites is 1. The van der Waals surface area contributed by atoms with E-state index in [9.17, 15) is 9.59 Å². The highest BCUT2D eigenvalue weighted by atomic mass is 16.5. The number of carbonyl (C=O) groups is 1. The number of benzene rings is 1. The average molecular weight is 317 g/mol. The van der Waals surface area contributed by atoms with Crippen LogP contribution in [0.2, 0.25) is 0 Å². The summed E-state index contributed by atoms with van der Waals surface area (Å²) in [6.45, 7) is 1.17. The number of ether oxygens (including phenoxy) is 2. The summed E-state index contributed by atoms with van der Waals surface area (Å²) >= 11 is 0. The van der Waals surface area contributed by atoms with Gasteiger partial charge in [-0.15, -0.1) is 0 Å². The summed E-state index contributed by atoms with van der Waals surface area (Å²) in [7, 11) is 1.54. The Hall–Kier alpha value is -2.54. The van der Waals surface area contributed by atoms with Crippen LogP contribution in [0.4, 0.5) is 10.5 Å². The van der Waals surface area contributed by atoms with E-state index < -0.39 is 6.03 Å². The maximum Gasteiger partial charge on any atom is 0.319 e. The van der Waals surface area contributed by atoms with Crippen LogP contribution in [0.1, 0.15) is 12.8 Å². The van der Waals surface area contributed by atoms with Gasteiger partial charge < -0.3 is 25.1 Å². The number of aromatic nitrogens is 1. The van der Waals surface area contributed by atoms with Crippen LogP contribution in [-0.4, -0.2) is 37.4 Å². The van der Waals surface area contributed by atoms with Crippen LogP contribution in [-0.2, 0) is 4.74 Å². The van der Waals surface area contributed by atoms with Crippen molar-refractivity contribution in [3.8, 4) is 5.75 Å². The fraction of sp³-hybridized carbons (Fsp3) is 0.375. The van der Waals surface area contributed by atoms with Crippen molar-refractivity contribution in [1.82, 2.24) is 10.3 Å². The Morgan fingerprint density at radius 2 is 2.35 bits per heavy atom. The summed E-state index contributed by atoms with van der Waals surface area (Å²) < 4.78 is 10.7. The lowest BCUT2D eigenvalue weighted by Gasteiger charge is -2.12. The number of carbonyl (C=O) groups excluding carboxylic acids is 1. The van der Waals surface area contributed by atoms with Gasteiger partial charge in [0.15, 0.2) is 0 Å². The van der Waals surface area contributed by atoms with E-state index in [-0.39, 0.29) is 17.2 Å². The molecule has 122 valence electrons. The van der Waals surface area contributed by atoms with Gasteiger partial charge in [0.25, 0.3) is 0 Å². The standard InChI is InChI=1S/C16H19N3O4/c1-22-13-6-2-5-11-14(13)17-9-12(15(11)20)19-16(21)18-8-10-4-3-7-23-10/h2,5-6,9-10H,3-4,7-8H2,1H3,(H,17,20)(H2,18,19,21)/t10-/m1/s1. The zero-order chi connectivity index (χ0) is 16.2. The molecule has 0 saturated carbocycles. The van der Waals surface area contributed by atoms with Gasteiger partial charge in [-0.3, -0.25) is 4.79 Å². The molecule has 2 aromatic rings. The predicted octanol–water partition coefficient (Wildman–Crippen LogP) is 1.84. The molecule has 1 fully saturated rings. The lowest BCUT2D eigenvalue weighted by Crippen LogP contribution is -2.36. The first-order valence-electron chi connectivity index (χ1n) is 7.54. The number of hydrogen-bond donors (Lipinski definition) is 3. The Morgan fingerprint density at radius 1 is 1.48 bits per heavy atom. The molecule has 7 heteroatoms. The van der Waals surface area contributed by atoms with Crippen LogP contribution in [0.15, 0.2) is 29.2 Å². The molecule has 2 amide bonds. The highest BCUT2D eigenvalue weighted by molar-refractivity contribution is 5.93. The van der Waals surface area contributed by atoms with E-state index in [2.05, 4.69) is 15.6 Å². The number of anilines is 1. The summed E-state index contributed by atoms with van der Waals surface area (Å²) in [5, 5.41) is 5.75. The molecule has 1 aliphatic rings. The maximum absolute atomic E-state index is 12.4. The lowest BCUT2D eigenvalue weighted by atomic mass is 10.2. The maximum atomic E-state index is 12.4. The number of hydrogen-bond acceptors (Lipinski definition) is 4. The molecule has 23 heavy (non-hydrogen) atoms. The minimum absolute atomic E-state index is 0.0555. The van der Waals surface area contributed by atoms with Crippen LogP contribution in [0.25, 0.3) is 10.9 Å². The Labute approximate surface area is 133 Å². The van der Waals surface area contributed by atoms with Crippen LogP contribution in [0.5, 0.6) is 5.75 Å². The number of fused-ring (bicyclic) bond motifs is 1. The normalized spacial score (nSPS) is 17.2. The number of rotatable bonds is 4. The van der Waals surface area contributed by atoms with Gasteiger partial charge in [-0.05, 0) is 25.0 Å². The van der Waals surface area contributed by atoms with E-state index in [1.54, 1.807) is 18.2 Å². The smallest absolute Gasteiger partial charge is 0.319 e. The second kappa shape index (κ2) is 6.70. The van der Waals surface area contributed by atoms with Gasteiger partial charge in [0.2, 0.25) is 5.43 Å². The second-order valence-electron chi connectivity index (χ2n) is 5.38. The molecule has 1 saturated heterocycles. The van der Waals surface area contributed by atoms with Crippen LogP contribution in [0, 0.1) is 0 Å². The first-order valence-corrected chi connectivity index (χ1v) is 7.54. The number of amides is 2. The van der Waals surface area contributed by atoms with Crippen molar-refractivity contribution in [3.63, 3.8) is 0 Å². The van der Waals surface area contributed by atoms with E-state index >= 15 is 0 Å². The zero-order valence-corrected chi connectivity index (χ0v) is 12.8. The monoisotopic (exact) mass is 317 g/mol. The van der Waals surface area contributed by atoms with Crippen LogP contribution in [0.3, 0.4) is 0 Å². The number of pyridine rings is 1. The summed E-state index contributed by atoms with van der Waals surface area (Å²) in [6, 6.07) is 4.76. The molecule has 1 aromatic heterocycles. The molecule has 1 aromatic carbocycles. The van der Waals surface area contributed by atoms with Gasteiger partial charge in [0.05, 0.1) is 24.1 Å². The van der Waals surface area contributed by atoms with Gasteiger partial charge in [-0.25, -0.2) is 4.79 Å². The Kier molecular flexibility index (Phi) is 4.47. The van der Waals surface area contributed by atoms with Gasteiger partial charge in [0, 0.05) is 19.3 Å². The molecule has 3 rings (SSSR count). The quantitative estimate of drug-likeness (QED) is 0.802. The summed E-state index contributed by atoms with van der Waals surface area (Å²) in [5.41, 5.74) is 0.533. The van der Waals surface area contributed by atoms with Crippen molar-refractivity contribution in [2.45, 2.75) is 18.9 Å². The number of urea groups is 1. The molecular weight excluding hydrogens is 298 g/mol. The summed E-state index contributed by atoms with van der Waals surface area (Å²) in [4.78, 5) is 27.4. The number of nitrogens with one attached hydrogen (secondary N) is 3. The van der Waals surface area contributed by atoms with Gasteiger partial charge in [-0.2, -0.15) is 0 Å². The SMILES string of the molecule is COc1cccc2c(=O)c(NC(=O)NC[C@H]3CCCO3)c[nH]c12. The van der Waals surface area contributed by atoms with Crippen molar-refractivity contribution in [3.05, 3.63) is 34.6 Å². The van der Waals surface area contributed by atoms with Crippen molar-refractivity contribution in [1.29, 1.82) is 0 Å². The first-order chi connectivity index (χ1) is 11.2. The highest BCUT2D eigenvalue weighted by Crippen LogP contribution is 2.21. The molecule has 2 heterocycles. The molecule has 1 atom stereocenters. The van der Waals surface area contributed by atoms with Gasteiger partial charge >= 0.3 is 6.03 Å². The molecule has 7 nitrogen and oxygen atoms in total. The third-order valence-corrected chi connectivity index (χ3v) is 3.86. The van der Waals surface area contributed by atoms with E-state index in [1.165, 1.54) is 13.3 Å². The minimum Gasteiger partial charge on any atom is -0.495 e. The topological polar surface area (TPSA) is 92.4 Å². The highest BCUT2D eigenvalue weighted by Gasteiger charge is 2.17. The van der Waals surface area contributed by atoms with Crippen LogP contribution >= 0.6 is 0 Å². The van der Waals surface area contributed by atoms with E-state index in [4.69, 9.17) is 9.47 Å². The fourth-order valence-electron chi connectivity index (χ4n) is 2.67. The summed E-state index contributed by atoms with van der Waals surface area (Å²) in [6.07, 6.45) is 3.48. The minimum atomic E-state index is -0.423. The predicted molar refractivity (Wildman–Crippen MR) is 87.1 cm³/mol. The van der Waals surface area contributed by atoms with Crippen molar-refractivity contribution >= 4 is 22.6 Å². The largest absolute Gasteiger partial charge is 0.495 e. The molecule has 0 aliphatic carbocycles. The van der Waals surface area contributed by atoms with Crippen molar-refractivity contribution < 1.29 is 14.3 Å².